The molecule has 0 spiro atoms. The molecule has 11 heteroatoms. The van der Waals surface area contributed by atoms with E-state index in [1.54, 1.807) is 32.2 Å². The Kier molecular flexibility index (Phi) is 5.78. The number of aromatic nitrogens is 3. The number of nitrogens with zero attached hydrogens (tertiary/aromatic N) is 4. The third kappa shape index (κ3) is 3.78. The minimum atomic E-state index is -3.79. The Balaban J connectivity index is 1.81. The van der Waals surface area contributed by atoms with Gasteiger partial charge in [-0.2, -0.15) is 4.31 Å². The molecule has 3 rings (SSSR count). The van der Waals surface area contributed by atoms with Crippen molar-refractivity contribution in [3.05, 3.63) is 30.1 Å². The monoisotopic (exact) mass is 428 g/mol. The number of rotatable bonds is 6. The maximum atomic E-state index is 13.1. The Bertz CT molecular complexity index is 1050. The van der Waals surface area contributed by atoms with Crippen molar-refractivity contribution >= 4 is 19.9 Å². The van der Waals surface area contributed by atoms with E-state index in [1.807, 2.05) is 6.92 Å². The van der Waals surface area contributed by atoms with Gasteiger partial charge in [0.1, 0.15) is 17.0 Å². The molecule has 1 aromatic carbocycles. The molecule has 0 N–H and O–H groups in total. The number of benzene rings is 1. The Morgan fingerprint density at radius 3 is 2.43 bits per heavy atom. The molecule has 1 aliphatic heterocycles. The normalized spacial score (nSPS) is 17.0. The van der Waals surface area contributed by atoms with Gasteiger partial charge in [0.2, 0.25) is 25.0 Å². The summed E-state index contributed by atoms with van der Waals surface area (Å²) in [5.74, 6) is 0.307. The van der Waals surface area contributed by atoms with E-state index in [1.165, 1.54) is 15.2 Å². The highest BCUT2D eigenvalue weighted by Gasteiger charge is 2.38. The second kappa shape index (κ2) is 7.80. The molecule has 0 saturated carbocycles. The molecule has 2 heterocycles. The van der Waals surface area contributed by atoms with Gasteiger partial charge in [-0.1, -0.05) is 6.07 Å². The fourth-order valence-corrected chi connectivity index (χ4v) is 6.72. The molecule has 0 radical (unpaired) electrons. The number of sulfonamides is 1. The predicted molar refractivity (Wildman–Crippen MR) is 102 cm³/mol. The summed E-state index contributed by atoms with van der Waals surface area (Å²) in [5, 5.41) is 6.54. The van der Waals surface area contributed by atoms with Crippen molar-refractivity contribution in [1.29, 1.82) is 0 Å². The minimum absolute atomic E-state index is 0.0916. The molecule has 9 nitrogen and oxygen atoms in total. The van der Waals surface area contributed by atoms with Gasteiger partial charge in [0, 0.05) is 20.1 Å². The molecule has 154 valence electrons. The summed E-state index contributed by atoms with van der Waals surface area (Å²) < 4.78 is 60.0. The lowest BCUT2D eigenvalue weighted by Crippen LogP contribution is -2.42. The molecule has 28 heavy (non-hydrogen) atoms. The van der Waals surface area contributed by atoms with Crippen molar-refractivity contribution in [3.63, 3.8) is 0 Å². The van der Waals surface area contributed by atoms with E-state index in [-0.39, 0.29) is 36.0 Å². The van der Waals surface area contributed by atoms with Crippen molar-refractivity contribution in [2.45, 2.75) is 42.0 Å². The molecular formula is C17H24N4O5S2. The van der Waals surface area contributed by atoms with Gasteiger partial charge in [0.05, 0.1) is 11.9 Å². The molecule has 0 amide bonds. The van der Waals surface area contributed by atoms with E-state index in [9.17, 15) is 16.8 Å². The average Bonchev–Trinajstić information content (AvgIpc) is 3.10. The molecule has 1 aromatic heterocycles. The lowest BCUT2D eigenvalue weighted by atomic mass is 10.2. The van der Waals surface area contributed by atoms with Crippen LogP contribution in [0.3, 0.4) is 0 Å². The van der Waals surface area contributed by atoms with Crippen molar-refractivity contribution in [1.82, 2.24) is 19.1 Å². The number of sulfone groups is 1. The highest BCUT2D eigenvalue weighted by molar-refractivity contribution is 7.92. The largest absolute Gasteiger partial charge is 0.492 e. The zero-order valence-electron chi connectivity index (χ0n) is 16.1. The number of hydrogen-bond donors (Lipinski definition) is 0. The molecule has 1 saturated heterocycles. The zero-order chi connectivity index (χ0) is 20.5. The SMILES string of the molecule is CCOc1ccc(C)cc1S(=O)(=O)N1CCC(S(=O)(=O)c2nncn2C)CC1. The summed E-state index contributed by atoms with van der Waals surface area (Å²) in [7, 11) is -5.88. The summed E-state index contributed by atoms with van der Waals surface area (Å²) in [6.07, 6.45) is 1.73. The Labute approximate surface area is 165 Å². The minimum Gasteiger partial charge on any atom is -0.492 e. The lowest BCUT2D eigenvalue weighted by molar-refractivity contribution is 0.322. The molecule has 0 unspecified atom stereocenters. The first kappa shape index (κ1) is 20.7. The van der Waals surface area contributed by atoms with Crippen LogP contribution in [0.2, 0.25) is 0 Å². The number of aryl methyl sites for hydroxylation is 2. The van der Waals surface area contributed by atoms with Crippen LogP contribution in [0.4, 0.5) is 0 Å². The molecule has 0 atom stereocenters. The first-order valence-corrected chi connectivity index (χ1v) is 12.0. The first-order chi connectivity index (χ1) is 13.2. The van der Waals surface area contributed by atoms with Gasteiger partial charge in [-0.05, 0) is 44.4 Å². The van der Waals surface area contributed by atoms with Crippen LogP contribution in [0, 0.1) is 6.92 Å². The van der Waals surface area contributed by atoms with Crippen LogP contribution in [0.5, 0.6) is 5.75 Å². The summed E-state index contributed by atoms with van der Waals surface area (Å²) in [4.78, 5) is 0.115. The van der Waals surface area contributed by atoms with Gasteiger partial charge in [0.15, 0.2) is 0 Å². The third-order valence-electron chi connectivity index (χ3n) is 4.78. The fourth-order valence-electron chi connectivity index (χ4n) is 3.29. The van der Waals surface area contributed by atoms with Crippen LogP contribution in [-0.2, 0) is 26.9 Å². The molecular weight excluding hydrogens is 404 g/mol. The van der Waals surface area contributed by atoms with Crippen LogP contribution < -0.4 is 4.74 Å². The third-order valence-corrected chi connectivity index (χ3v) is 8.93. The number of hydrogen-bond acceptors (Lipinski definition) is 7. The Hall–Kier alpha value is -1.98. The number of ether oxygens (including phenoxy) is 1. The number of piperidine rings is 1. The summed E-state index contributed by atoms with van der Waals surface area (Å²) in [5.41, 5.74) is 0.807. The molecule has 0 bridgehead atoms. The highest BCUT2D eigenvalue weighted by Crippen LogP contribution is 2.31. The van der Waals surface area contributed by atoms with Crippen LogP contribution in [0.15, 0.2) is 34.6 Å². The van der Waals surface area contributed by atoms with Crippen LogP contribution >= 0.6 is 0 Å². The molecule has 1 aliphatic rings. The van der Waals surface area contributed by atoms with E-state index in [0.29, 0.717) is 12.4 Å². The zero-order valence-corrected chi connectivity index (χ0v) is 17.7. The van der Waals surface area contributed by atoms with Crippen LogP contribution in [0.1, 0.15) is 25.3 Å². The van der Waals surface area contributed by atoms with Gasteiger partial charge in [-0.3, -0.25) is 0 Å². The maximum absolute atomic E-state index is 13.1. The molecule has 2 aromatic rings. The van der Waals surface area contributed by atoms with Gasteiger partial charge < -0.3 is 9.30 Å². The van der Waals surface area contributed by atoms with E-state index in [4.69, 9.17) is 4.74 Å². The summed E-state index contributed by atoms with van der Waals surface area (Å²) >= 11 is 0. The summed E-state index contributed by atoms with van der Waals surface area (Å²) in [6, 6.07) is 5.03. The fraction of sp³-hybridized carbons (Fsp3) is 0.529. The lowest BCUT2D eigenvalue weighted by Gasteiger charge is -2.31. The topological polar surface area (TPSA) is 111 Å². The second-order valence-corrected chi connectivity index (χ2v) is 10.8. The van der Waals surface area contributed by atoms with Gasteiger partial charge in [0.25, 0.3) is 0 Å². The smallest absolute Gasteiger partial charge is 0.249 e. The Morgan fingerprint density at radius 1 is 1.18 bits per heavy atom. The van der Waals surface area contributed by atoms with E-state index in [2.05, 4.69) is 10.2 Å². The standard InChI is InChI=1S/C17H24N4O5S2/c1-4-26-15-6-5-13(2)11-16(15)28(24,25)21-9-7-14(8-10-21)27(22,23)17-19-18-12-20(17)3/h5-6,11-12,14H,4,7-10H2,1-3H3. The van der Waals surface area contributed by atoms with Crippen LogP contribution in [-0.4, -0.2) is 60.9 Å². The van der Waals surface area contributed by atoms with E-state index in [0.717, 1.165) is 5.56 Å². The van der Waals surface area contributed by atoms with E-state index >= 15 is 0 Å². The predicted octanol–water partition coefficient (Wildman–Crippen LogP) is 1.15. The maximum Gasteiger partial charge on any atom is 0.249 e. The molecule has 0 aliphatic carbocycles. The molecule has 1 fully saturated rings. The average molecular weight is 429 g/mol. The van der Waals surface area contributed by atoms with Crippen molar-refractivity contribution in [2.24, 2.45) is 7.05 Å². The van der Waals surface area contributed by atoms with Crippen molar-refractivity contribution < 1.29 is 21.6 Å². The van der Waals surface area contributed by atoms with Gasteiger partial charge in [-0.15, -0.1) is 10.2 Å². The van der Waals surface area contributed by atoms with Gasteiger partial charge in [-0.25, -0.2) is 16.8 Å². The quantitative estimate of drug-likeness (QED) is 0.678. The van der Waals surface area contributed by atoms with Crippen LogP contribution in [0.25, 0.3) is 0 Å². The van der Waals surface area contributed by atoms with E-state index < -0.39 is 25.1 Å². The highest BCUT2D eigenvalue weighted by atomic mass is 32.2. The van der Waals surface area contributed by atoms with Gasteiger partial charge >= 0.3 is 0 Å². The second-order valence-electron chi connectivity index (χ2n) is 6.76. The first-order valence-electron chi connectivity index (χ1n) is 8.99. The van der Waals surface area contributed by atoms with Crippen molar-refractivity contribution in [2.75, 3.05) is 19.7 Å². The summed E-state index contributed by atoms with van der Waals surface area (Å²) in [6.45, 7) is 4.18. The Morgan fingerprint density at radius 2 is 1.86 bits per heavy atom. The van der Waals surface area contributed by atoms with Crippen molar-refractivity contribution in [3.8, 4) is 5.75 Å².